The highest BCUT2D eigenvalue weighted by atomic mass is 16.6. The third-order valence-electron chi connectivity index (χ3n) is 1.75. The topological polar surface area (TPSA) is 64.6 Å². The van der Waals surface area contributed by atoms with E-state index in [0.29, 0.717) is 6.61 Å². The van der Waals surface area contributed by atoms with Gasteiger partial charge in [-0.2, -0.15) is 0 Å². The molecule has 5 heteroatoms. The van der Waals surface area contributed by atoms with Crippen molar-refractivity contribution in [2.24, 2.45) is 0 Å². The number of carbonyl (C=O) groups excluding carboxylic acids is 2. The average Bonchev–Trinajstić information content (AvgIpc) is 2.11. The van der Waals surface area contributed by atoms with E-state index < -0.39 is 23.2 Å². The highest BCUT2D eigenvalue weighted by Crippen LogP contribution is 2.10. The molecule has 0 radical (unpaired) electrons. The zero-order valence-electron chi connectivity index (χ0n) is 12.0. The normalized spacial score (nSPS) is 12.3. The van der Waals surface area contributed by atoms with Crippen LogP contribution in [0.5, 0.6) is 0 Å². The molecule has 0 aromatic carbocycles. The highest BCUT2D eigenvalue weighted by molar-refractivity contribution is 5.82. The predicted octanol–water partition coefficient (Wildman–Crippen LogP) is 2.41. The monoisotopic (exact) mass is 257 g/mol. The Morgan fingerprint density at radius 1 is 1.17 bits per heavy atom. The SMILES string of the molecule is CCOC(=O)/C=C/C(C)(C)NC(=O)OC(C)(C)C. The maximum absolute atomic E-state index is 11.6. The zero-order valence-corrected chi connectivity index (χ0v) is 12.0. The molecule has 0 fully saturated rings. The first kappa shape index (κ1) is 16.5. The molecule has 0 aliphatic carbocycles. The quantitative estimate of drug-likeness (QED) is 0.620. The Labute approximate surface area is 109 Å². The van der Waals surface area contributed by atoms with Crippen molar-refractivity contribution in [3.8, 4) is 0 Å². The number of carbonyl (C=O) groups is 2. The van der Waals surface area contributed by atoms with Gasteiger partial charge in [-0.1, -0.05) is 6.08 Å². The number of hydrogen-bond acceptors (Lipinski definition) is 4. The van der Waals surface area contributed by atoms with Crippen LogP contribution in [0.2, 0.25) is 0 Å². The van der Waals surface area contributed by atoms with Crippen molar-refractivity contribution in [2.75, 3.05) is 6.61 Å². The Bertz CT molecular complexity index is 326. The number of ether oxygens (including phenoxy) is 2. The minimum Gasteiger partial charge on any atom is -0.463 e. The van der Waals surface area contributed by atoms with Crippen molar-refractivity contribution < 1.29 is 19.1 Å². The third kappa shape index (κ3) is 8.61. The van der Waals surface area contributed by atoms with Crippen LogP contribution in [0, 0.1) is 0 Å². The lowest BCUT2D eigenvalue weighted by molar-refractivity contribution is -0.137. The molecule has 5 nitrogen and oxygen atoms in total. The predicted molar refractivity (Wildman–Crippen MR) is 69.2 cm³/mol. The van der Waals surface area contributed by atoms with Crippen LogP contribution in [0.1, 0.15) is 41.5 Å². The first-order valence-electron chi connectivity index (χ1n) is 5.93. The highest BCUT2D eigenvalue weighted by Gasteiger charge is 2.22. The third-order valence-corrected chi connectivity index (χ3v) is 1.75. The van der Waals surface area contributed by atoms with Crippen molar-refractivity contribution in [1.29, 1.82) is 0 Å². The number of esters is 1. The van der Waals surface area contributed by atoms with E-state index in [-0.39, 0.29) is 0 Å². The van der Waals surface area contributed by atoms with Crippen molar-refractivity contribution in [2.45, 2.75) is 52.7 Å². The van der Waals surface area contributed by atoms with Gasteiger partial charge in [0.1, 0.15) is 5.60 Å². The fraction of sp³-hybridized carbons (Fsp3) is 0.692. The molecule has 0 aromatic heterocycles. The summed E-state index contributed by atoms with van der Waals surface area (Å²) >= 11 is 0. The van der Waals surface area contributed by atoms with Gasteiger partial charge < -0.3 is 14.8 Å². The van der Waals surface area contributed by atoms with E-state index in [1.807, 2.05) is 0 Å². The Morgan fingerprint density at radius 2 is 1.72 bits per heavy atom. The van der Waals surface area contributed by atoms with E-state index in [4.69, 9.17) is 9.47 Å². The number of nitrogens with one attached hydrogen (secondary N) is 1. The van der Waals surface area contributed by atoms with Gasteiger partial charge in [0.15, 0.2) is 0 Å². The molecular weight excluding hydrogens is 234 g/mol. The molecule has 0 saturated heterocycles. The number of amides is 1. The molecule has 1 amide bonds. The number of rotatable bonds is 4. The summed E-state index contributed by atoms with van der Waals surface area (Å²) in [4.78, 5) is 22.7. The summed E-state index contributed by atoms with van der Waals surface area (Å²) < 4.78 is 9.88. The van der Waals surface area contributed by atoms with Crippen LogP contribution in [0.25, 0.3) is 0 Å². The molecular formula is C13H23NO4. The fourth-order valence-electron chi connectivity index (χ4n) is 1.08. The Hall–Kier alpha value is -1.52. The summed E-state index contributed by atoms with van der Waals surface area (Å²) in [5, 5.41) is 2.65. The van der Waals surface area contributed by atoms with Crippen LogP contribution >= 0.6 is 0 Å². The second kappa shape index (κ2) is 6.42. The summed E-state index contributed by atoms with van der Waals surface area (Å²) in [5.74, 6) is -0.434. The molecule has 1 N–H and O–H groups in total. The summed E-state index contributed by atoms with van der Waals surface area (Å²) in [6.07, 6.45) is 2.33. The lowest BCUT2D eigenvalue weighted by Crippen LogP contribution is -2.44. The van der Waals surface area contributed by atoms with E-state index >= 15 is 0 Å². The van der Waals surface area contributed by atoms with Crippen LogP contribution in [-0.4, -0.2) is 29.8 Å². The van der Waals surface area contributed by atoms with Gasteiger partial charge in [0.2, 0.25) is 0 Å². The maximum Gasteiger partial charge on any atom is 0.408 e. The van der Waals surface area contributed by atoms with E-state index in [2.05, 4.69) is 5.32 Å². The molecule has 0 bridgehead atoms. The second-order valence-corrected chi connectivity index (χ2v) is 5.43. The van der Waals surface area contributed by atoms with E-state index in [1.165, 1.54) is 6.08 Å². The van der Waals surface area contributed by atoms with Gasteiger partial charge in [0.25, 0.3) is 0 Å². The second-order valence-electron chi connectivity index (χ2n) is 5.43. The zero-order chi connectivity index (χ0) is 14.4. The van der Waals surface area contributed by atoms with Crippen LogP contribution < -0.4 is 5.32 Å². The Morgan fingerprint density at radius 3 is 2.17 bits per heavy atom. The standard InChI is InChI=1S/C13H23NO4/c1-7-17-10(15)8-9-13(5,6)14-11(16)18-12(2,3)4/h8-9H,7H2,1-6H3,(H,14,16)/b9-8+. The Balaban J connectivity index is 4.39. The van der Waals surface area contributed by atoms with Gasteiger partial charge in [0.05, 0.1) is 12.1 Å². The van der Waals surface area contributed by atoms with Crippen molar-refractivity contribution in [3.63, 3.8) is 0 Å². The van der Waals surface area contributed by atoms with Crippen LogP contribution in [-0.2, 0) is 14.3 Å². The Kier molecular flexibility index (Phi) is 5.88. The van der Waals surface area contributed by atoms with Gasteiger partial charge in [0, 0.05) is 6.08 Å². The molecule has 0 rings (SSSR count). The first-order chi connectivity index (χ1) is 8.06. The van der Waals surface area contributed by atoms with Gasteiger partial charge in [-0.3, -0.25) is 0 Å². The summed E-state index contributed by atoms with van der Waals surface area (Å²) in [5.41, 5.74) is -1.24. The lowest BCUT2D eigenvalue weighted by Gasteiger charge is -2.26. The number of alkyl carbamates (subject to hydrolysis) is 1. The molecule has 0 unspecified atom stereocenters. The molecule has 18 heavy (non-hydrogen) atoms. The molecule has 104 valence electrons. The molecule has 0 aliphatic rings. The van der Waals surface area contributed by atoms with Gasteiger partial charge in [-0.15, -0.1) is 0 Å². The minimum absolute atomic E-state index is 0.323. The average molecular weight is 257 g/mol. The van der Waals surface area contributed by atoms with E-state index in [9.17, 15) is 9.59 Å². The largest absolute Gasteiger partial charge is 0.463 e. The fourth-order valence-corrected chi connectivity index (χ4v) is 1.08. The van der Waals surface area contributed by atoms with E-state index in [0.717, 1.165) is 0 Å². The molecule has 0 aliphatic heterocycles. The van der Waals surface area contributed by atoms with Gasteiger partial charge in [-0.25, -0.2) is 9.59 Å². The van der Waals surface area contributed by atoms with Crippen LogP contribution in [0.3, 0.4) is 0 Å². The molecule has 0 spiro atoms. The van der Waals surface area contributed by atoms with Gasteiger partial charge >= 0.3 is 12.1 Å². The van der Waals surface area contributed by atoms with Gasteiger partial charge in [-0.05, 0) is 41.5 Å². The van der Waals surface area contributed by atoms with E-state index in [1.54, 1.807) is 47.6 Å². The van der Waals surface area contributed by atoms with Crippen molar-refractivity contribution >= 4 is 12.1 Å². The summed E-state index contributed by atoms with van der Waals surface area (Å²) in [6.45, 7) is 10.9. The van der Waals surface area contributed by atoms with Crippen LogP contribution in [0.15, 0.2) is 12.2 Å². The molecule has 0 atom stereocenters. The van der Waals surface area contributed by atoms with Crippen molar-refractivity contribution in [1.82, 2.24) is 5.32 Å². The minimum atomic E-state index is -0.685. The summed E-state index contributed by atoms with van der Waals surface area (Å²) in [7, 11) is 0. The number of hydrogen-bond donors (Lipinski definition) is 1. The molecule has 0 saturated carbocycles. The van der Waals surface area contributed by atoms with Crippen molar-refractivity contribution in [3.05, 3.63) is 12.2 Å². The van der Waals surface area contributed by atoms with Crippen LogP contribution in [0.4, 0.5) is 4.79 Å². The maximum atomic E-state index is 11.6. The molecule has 0 aromatic rings. The summed E-state index contributed by atoms with van der Waals surface area (Å²) in [6, 6.07) is 0. The first-order valence-corrected chi connectivity index (χ1v) is 5.93. The smallest absolute Gasteiger partial charge is 0.408 e. The lowest BCUT2D eigenvalue weighted by atomic mass is 10.1. The molecule has 0 heterocycles.